The van der Waals surface area contributed by atoms with Crippen molar-refractivity contribution in [2.75, 3.05) is 7.11 Å². The molecule has 0 aromatic rings. The molecule has 0 aromatic heterocycles. The molecule has 4 nitrogen and oxygen atoms in total. The van der Waals surface area contributed by atoms with Gasteiger partial charge in [-0.1, -0.05) is 6.92 Å². The van der Waals surface area contributed by atoms with Crippen molar-refractivity contribution in [1.29, 1.82) is 0 Å². The van der Waals surface area contributed by atoms with E-state index in [-0.39, 0.29) is 6.10 Å². The van der Waals surface area contributed by atoms with Gasteiger partial charge in [0.15, 0.2) is 0 Å². The molecule has 60 valence electrons. The van der Waals surface area contributed by atoms with Crippen LogP contribution in [0.15, 0.2) is 0 Å². The maximum Gasteiger partial charge on any atom is 0.323 e. The number of carboxylic acids is 1. The van der Waals surface area contributed by atoms with Gasteiger partial charge in [0, 0.05) is 7.11 Å². The fourth-order valence-electron chi connectivity index (χ4n) is 0.726. The molecular formula is C6H13NO3. The van der Waals surface area contributed by atoms with Crippen molar-refractivity contribution in [3.8, 4) is 0 Å². The molecule has 0 bridgehead atoms. The highest BCUT2D eigenvalue weighted by Crippen LogP contribution is 2.00. The Morgan fingerprint density at radius 1 is 1.80 bits per heavy atom. The van der Waals surface area contributed by atoms with E-state index in [4.69, 9.17) is 15.6 Å². The molecule has 0 saturated carbocycles. The molecular weight excluding hydrogens is 134 g/mol. The minimum atomic E-state index is -1.02. The fourth-order valence-corrected chi connectivity index (χ4v) is 0.726. The second-order valence-corrected chi connectivity index (χ2v) is 2.05. The standard InChI is InChI=1S/C6H13NO3/c1-3-4(10-2)5(7)6(8)9/h4-5H,3,7H2,1-2H3,(H,8,9)/t4-,5-/m0/s1. The quantitative estimate of drug-likeness (QED) is 0.578. The van der Waals surface area contributed by atoms with Gasteiger partial charge in [-0.3, -0.25) is 4.79 Å². The molecule has 0 saturated heterocycles. The van der Waals surface area contributed by atoms with Crippen LogP contribution in [-0.2, 0) is 9.53 Å². The maximum atomic E-state index is 10.3. The number of ether oxygens (including phenoxy) is 1. The lowest BCUT2D eigenvalue weighted by Gasteiger charge is -2.16. The minimum Gasteiger partial charge on any atom is -0.480 e. The molecule has 10 heavy (non-hydrogen) atoms. The number of nitrogens with two attached hydrogens (primary N) is 1. The Bertz CT molecular complexity index is 112. The van der Waals surface area contributed by atoms with Gasteiger partial charge in [0.2, 0.25) is 0 Å². The summed E-state index contributed by atoms with van der Waals surface area (Å²) in [5.74, 6) is -1.02. The summed E-state index contributed by atoms with van der Waals surface area (Å²) < 4.78 is 4.82. The Labute approximate surface area is 60.0 Å². The molecule has 0 radical (unpaired) electrons. The average Bonchev–Trinajstić information content (AvgIpc) is 1.90. The summed E-state index contributed by atoms with van der Waals surface area (Å²) in [7, 11) is 1.46. The van der Waals surface area contributed by atoms with Crippen LogP contribution in [0, 0.1) is 0 Å². The van der Waals surface area contributed by atoms with E-state index in [1.165, 1.54) is 7.11 Å². The average molecular weight is 147 g/mol. The molecule has 0 heterocycles. The van der Waals surface area contributed by atoms with E-state index in [1.807, 2.05) is 6.92 Å². The van der Waals surface area contributed by atoms with Gasteiger partial charge in [0.05, 0.1) is 6.10 Å². The summed E-state index contributed by atoms with van der Waals surface area (Å²) in [6.45, 7) is 1.83. The van der Waals surface area contributed by atoms with Crippen molar-refractivity contribution in [1.82, 2.24) is 0 Å². The third kappa shape index (κ3) is 2.33. The van der Waals surface area contributed by atoms with Crippen LogP contribution in [0.25, 0.3) is 0 Å². The van der Waals surface area contributed by atoms with Crippen LogP contribution in [-0.4, -0.2) is 30.3 Å². The molecule has 0 spiro atoms. The monoisotopic (exact) mass is 147 g/mol. The van der Waals surface area contributed by atoms with E-state index in [2.05, 4.69) is 0 Å². The van der Waals surface area contributed by atoms with E-state index in [9.17, 15) is 4.79 Å². The summed E-state index contributed by atoms with van der Waals surface area (Å²) in [5.41, 5.74) is 5.26. The number of rotatable bonds is 4. The molecule has 0 unspecified atom stereocenters. The van der Waals surface area contributed by atoms with Crippen LogP contribution < -0.4 is 5.73 Å². The molecule has 0 aliphatic heterocycles. The van der Waals surface area contributed by atoms with Crippen molar-refractivity contribution in [3.63, 3.8) is 0 Å². The van der Waals surface area contributed by atoms with Crippen LogP contribution in [0.4, 0.5) is 0 Å². The lowest BCUT2D eigenvalue weighted by atomic mass is 10.1. The summed E-state index contributed by atoms with van der Waals surface area (Å²) in [4.78, 5) is 10.3. The minimum absolute atomic E-state index is 0.377. The third-order valence-electron chi connectivity index (χ3n) is 1.39. The number of hydrogen-bond acceptors (Lipinski definition) is 3. The summed E-state index contributed by atoms with van der Waals surface area (Å²) >= 11 is 0. The van der Waals surface area contributed by atoms with E-state index in [0.29, 0.717) is 6.42 Å². The van der Waals surface area contributed by atoms with Gasteiger partial charge in [-0.25, -0.2) is 0 Å². The Balaban J connectivity index is 3.88. The highest BCUT2D eigenvalue weighted by atomic mass is 16.5. The van der Waals surface area contributed by atoms with Crippen molar-refractivity contribution in [2.45, 2.75) is 25.5 Å². The smallest absolute Gasteiger partial charge is 0.323 e. The summed E-state index contributed by atoms with van der Waals surface area (Å²) in [5, 5.41) is 8.41. The van der Waals surface area contributed by atoms with E-state index < -0.39 is 12.0 Å². The predicted octanol–water partition coefficient (Wildman–Crippen LogP) is -0.177. The van der Waals surface area contributed by atoms with E-state index >= 15 is 0 Å². The first kappa shape index (κ1) is 9.39. The van der Waals surface area contributed by atoms with Crippen LogP contribution >= 0.6 is 0 Å². The second kappa shape index (κ2) is 4.24. The highest BCUT2D eigenvalue weighted by molar-refractivity contribution is 5.73. The van der Waals surface area contributed by atoms with E-state index in [1.54, 1.807) is 0 Å². The van der Waals surface area contributed by atoms with Crippen LogP contribution in [0.1, 0.15) is 13.3 Å². The molecule has 3 N–H and O–H groups in total. The molecule has 0 rings (SSSR count). The van der Waals surface area contributed by atoms with Crippen LogP contribution in [0.3, 0.4) is 0 Å². The number of carbonyl (C=O) groups is 1. The second-order valence-electron chi connectivity index (χ2n) is 2.05. The van der Waals surface area contributed by atoms with Gasteiger partial charge in [0.1, 0.15) is 6.04 Å². The van der Waals surface area contributed by atoms with E-state index in [0.717, 1.165) is 0 Å². The molecule has 2 atom stereocenters. The van der Waals surface area contributed by atoms with Crippen molar-refractivity contribution < 1.29 is 14.6 Å². The van der Waals surface area contributed by atoms with Crippen molar-refractivity contribution >= 4 is 5.97 Å². The summed E-state index contributed by atoms with van der Waals surface area (Å²) in [6.07, 6.45) is 0.238. The highest BCUT2D eigenvalue weighted by Gasteiger charge is 2.21. The summed E-state index contributed by atoms with van der Waals surface area (Å²) in [6, 6.07) is -0.907. The normalized spacial score (nSPS) is 16.3. The zero-order valence-corrected chi connectivity index (χ0v) is 6.20. The molecule has 0 fully saturated rings. The van der Waals surface area contributed by atoms with Gasteiger partial charge in [-0.05, 0) is 6.42 Å². The van der Waals surface area contributed by atoms with Crippen LogP contribution in [0.2, 0.25) is 0 Å². The first-order chi connectivity index (χ1) is 4.63. The predicted molar refractivity (Wildman–Crippen MR) is 36.7 cm³/mol. The number of carboxylic acid groups (broad SMARTS) is 1. The number of hydrogen-bond donors (Lipinski definition) is 2. The number of methoxy groups -OCH3 is 1. The molecule has 0 aliphatic carbocycles. The zero-order chi connectivity index (χ0) is 8.15. The van der Waals surface area contributed by atoms with Gasteiger partial charge in [0.25, 0.3) is 0 Å². The molecule has 0 aromatic carbocycles. The number of aliphatic carboxylic acids is 1. The van der Waals surface area contributed by atoms with Gasteiger partial charge < -0.3 is 15.6 Å². The first-order valence-corrected chi connectivity index (χ1v) is 3.14. The Kier molecular flexibility index (Phi) is 3.99. The maximum absolute atomic E-state index is 10.3. The topological polar surface area (TPSA) is 72.5 Å². The van der Waals surface area contributed by atoms with Gasteiger partial charge in [-0.15, -0.1) is 0 Å². The Morgan fingerprint density at radius 2 is 2.30 bits per heavy atom. The molecule has 4 heteroatoms. The Morgan fingerprint density at radius 3 is 2.40 bits per heavy atom. The SMILES string of the molecule is CC[C@H](OC)[C@H](N)C(=O)O. The van der Waals surface area contributed by atoms with Crippen LogP contribution in [0.5, 0.6) is 0 Å². The largest absolute Gasteiger partial charge is 0.480 e. The fraction of sp³-hybridized carbons (Fsp3) is 0.833. The third-order valence-corrected chi connectivity index (χ3v) is 1.39. The Hall–Kier alpha value is -0.610. The van der Waals surface area contributed by atoms with Crippen molar-refractivity contribution in [2.24, 2.45) is 5.73 Å². The first-order valence-electron chi connectivity index (χ1n) is 3.14. The van der Waals surface area contributed by atoms with Gasteiger partial charge >= 0.3 is 5.97 Å². The molecule has 0 aliphatic rings. The zero-order valence-electron chi connectivity index (χ0n) is 6.20. The molecule has 0 amide bonds. The lowest BCUT2D eigenvalue weighted by Crippen LogP contribution is -2.42. The van der Waals surface area contributed by atoms with Gasteiger partial charge in [-0.2, -0.15) is 0 Å². The lowest BCUT2D eigenvalue weighted by molar-refractivity contribution is -0.141. The van der Waals surface area contributed by atoms with Crippen molar-refractivity contribution in [3.05, 3.63) is 0 Å².